The Morgan fingerprint density at radius 3 is 2.48 bits per heavy atom. The fourth-order valence-electron chi connectivity index (χ4n) is 2.17. The molecule has 0 aliphatic heterocycles. The summed E-state index contributed by atoms with van der Waals surface area (Å²) in [4.78, 5) is 0. The summed E-state index contributed by atoms with van der Waals surface area (Å²) in [5.41, 5.74) is 0.918. The molecule has 0 saturated carbocycles. The Labute approximate surface area is 132 Å². The van der Waals surface area contributed by atoms with Crippen molar-refractivity contribution in [1.82, 2.24) is 10.2 Å². The van der Waals surface area contributed by atoms with Crippen LogP contribution < -0.4 is 9.47 Å². The Balaban J connectivity index is 1.86. The predicted molar refractivity (Wildman–Crippen MR) is 85.0 cm³/mol. The molecule has 0 bridgehead atoms. The van der Waals surface area contributed by atoms with E-state index < -0.39 is 0 Å². The van der Waals surface area contributed by atoms with Gasteiger partial charge in [-0.05, 0) is 43.3 Å². The number of aromatic nitrogens is 2. The molecular weight excluding hydrogens is 296 g/mol. The molecule has 23 heavy (non-hydrogen) atoms. The van der Waals surface area contributed by atoms with E-state index in [0.29, 0.717) is 29.4 Å². The van der Waals surface area contributed by atoms with Gasteiger partial charge in [-0.3, -0.25) is 5.10 Å². The molecule has 6 heteroatoms. The van der Waals surface area contributed by atoms with Crippen LogP contribution in [0, 0.1) is 0 Å². The summed E-state index contributed by atoms with van der Waals surface area (Å²) in [5, 5.41) is 26.2. The van der Waals surface area contributed by atoms with Gasteiger partial charge >= 0.3 is 0 Å². The van der Waals surface area contributed by atoms with Crippen molar-refractivity contribution in [1.29, 1.82) is 0 Å². The predicted octanol–water partition coefficient (Wildman–Crippen LogP) is 3.68. The van der Waals surface area contributed by atoms with E-state index in [1.54, 1.807) is 24.4 Å². The number of aromatic hydroxyl groups is 2. The maximum Gasteiger partial charge on any atom is 0.173 e. The molecule has 0 fully saturated rings. The molecule has 0 unspecified atom stereocenters. The van der Waals surface area contributed by atoms with E-state index in [1.807, 2.05) is 19.1 Å². The highest BCUT2D eigenvalue weighted by Gasteiger charge is 2.15. The lowest BCUT2D eigenvalue weighted by Crippen LogP contribution is -1.91. The molecule has 2 aromatic carbocycles. The average Bonchev–Trinajstić information content (AvgIpc) is 2.97. The number of nitrogens with one attached hydrogen (secondary N) is 1. The fourth-order valence-corrected chi connectivity index (χ4v) is 2.17. The van der Waals surface area contributed by atoms with Gasteiger partial charge in [-0.15, -0.1) is 0 Å². The van der Waals surface area contributed by atoms with Crippen LogP contribution in [0.1, 0.15) is 6.92 Å². The average molecular weight is 312 g/mol. The van der Waals surface area contributed by atoms with E-state index in [1.165, 1.54) is 12.1 Å². The molecule has 3 rings (SSSR count). The highest BCUT2D eigenvalue weighted by Crippen LogP contribution is 2.37. The van der Waals surface area contributed by atoms with Crippen molar-refractivity contribution in [3.05, 3.63) is 48.7 Å². The van der Waals surface area contributed by atoms with E-state index in [-0.39, 0.29) is 11.5 Å². The van der Waals surface area contributed by atoms with Crippen LogP contribution in [0.4, 0.5) is 0 Å². The summed E-state index contributed by atoms with van der Waals surface area (Å²) in [6.45, 7) is 2.53. The number of H-pyrrole nitrogens is 1. The number of phenols is 2. The molecule has 0 spiro atoms. The van der Waals surface area contributed by atoms with Crippen molar-refractivity contribution >= 4 is 0 Å². The molecule has 1 aromatic heterocycles. The first-order valence-electron chi connectivity index (χ1n) is 7.14. The van der Waals surface area contributed by atoms with Crippen LogP contribution in [0.25, 0.3) is 11.3 Å². The molecule has 1 heterocycles. The SMILES string of the molecule is CCOc1ccc(Oc2c[nH]nc2-c2ccc(O)cc2O)cc1. The lowest BCUT2D eigenvalue weighted by atomic mass is 10.1. The normalized spacial score (nSPS) is 10.5. The zero-order valence-corrected chi connectivity index (χ0v) is 12.5. The van der Waals surface area contributed by atoms with Crippen molar-refractivity contribution < 1.29 is 19.7 Å². The molecule has 3 N–H and O–H groups in total. The summed E-state index contributed by atoms with van der Waals surface area (Å²) < 4.78 is 11.2. The van der Waals surface area contributed by atoms with Gasteiger partial charge in [-0.1, -0.05) is 0 Å². The molecule has 0 amide bonds. The van der Waals surface area contributed by atoms with Gasteiger partial charge in [0.2, 0.25) is 0 Å². The highest BCUT2D eigenvalue weighted by molar-refractivity contribution is 5.72. The number of hydrogen-bond acceptors (Lipinski definition) is 5. The molecule has 3 aromatic rings. The Kier molecular flexibility index (Phi) is 4.05. The number of rotatable bonds is 5. The minimum atomic E-state index is -0.0753. The van der Waals surface area contributed by atoms with Gasteiger partial charge in [0.05, 0.1) is 12.8 Å². The highest BCUT2D eigenvalue weighted by atomic mass is 16.5. The van der Waals surface area contributed by atoms with Gasteiger partial charge in [-0.25, -0.2) is 0 Å². The molecular formula is C17H16N2O4. The van der Waals surface area contributed by atoms with Crippen LogP contribution in [0.5, 0.6) is 28.7 Å². The first kappa shape index (κ1) is 14.8. The minimum absolute atomic E-state index is 0.0178. The number of phenolic OH excluding ortho intramolecular Hbond substituents is 2. The van der Waals surface area contributed by atoms with Crippen molar-refractivity contribution in [2.75, 3.05) is 6.61 Å². The van der Waals surface area contributed by atoms with Crippen LogP contribution in [0.15, 0.2) is 48.7 Å². The first-order valence-corrected chi connectivity index (χ1v) is 7.14. The van der Waals surface area contributed by atoms with Gasteiger partial charge in [0.15, 0.2) is 5.75 Å². The van der Waals surface area contributed by atoms with Gasteiger partial charge in [-0.2, -0.15) is 5.10 Å². The first-order chi connectivity index (χ1) is 11.2. The third kappa shape index (κ3) is 3.21. The Morgan fingerprint density at radius 2 is 1.78 bits per heavy atom. The summed E-state index contributed by atoms with van der Waals surface area (Å²) in [6.07, 6.45) is 1.60. The molecule has 0 saturated heterocycles. The van der Waals surface area contributed by atoms with Gasteiger partial charge < -0.3 is 19.7 Å². The van der Waals surface area contributed by atoms with Crippen LogP contribution in [0.2, 0.25) is 0 Å². The maximum absolute atomic E-state index is 9.96. The molecule has 118 valence electrons. The van der Waals surface area contributed by atoms with Gasteiger partial charge in [0.1, 0.15) is 28.7 Å². The second-order valence-corrected chi connectivity index (χ2v) is 4.81. The minimum Gasteiger partial charge on any atom is -0.508 e. The van der Waals surface area contributed by atoms with E-state index >= 15 is 0 Å². The zero-order valence-electron chi connectivity index (χ0n) is 12.5. The third-order valence-corrected chi connectivity index (χ3v) is 3.20. The summed E-state index contributed by atoms with van der Waals surface area (Å²) in [5.74, 6) is 1.76. The molecule has 0 aliphatic carbocycles. The second kappa shape index (κ2) is 6.31. The molecule has 0 aliphatic rings. The topological polar surface area (TPSA) is 87.6 Å². The number of aromatic amines is 1. The molecule has 6 nitrogen and oxygen atoms in total. The monoisotopic (exact) mass is 312 g/mol. The Morgan fingerprint density at radius 1 is 1.04 bits per heavy atom. The second-order valence-electron chi connectivity index (χ2n) is 4.81. The number of benzene rings is 2. The zero-order chi connectivity index (χ0) is 16.2. The van der Waals surface area contributed by atoms with Crippen LogP contribution in [-0.4, -0.2) is 27.0 Å². The van der Waals surface area contributed by atoms with Crippen LogP contribution in [-0.2, 0) is 0 Å². The van der Waals surface area contributed by atoms with Crippen molar-refractivity contribution in [2.45, 2.75) is 6.92 Å². The van der Waals surface area contributed by atoms with Crippen LogP contribution in [0.3, 0.4) is 0 Å². The Hall–Kier alpha value is -3.15. The number of nitrogens with zero attached hydrogens (tertiary/aromatic N) is 1. The summed E-state index contributed by atoms with van der Waals surface area (Å²) >= 11 is 0. The third-order valence-electron chi connectivity index (χ3n) is 3.20. The van der Waals surface area contributed by atoms with Crippen molar-refractivity contribution in [3.8, 4) is 40.0 Å². The fraction of sp³-hybridized carbons (Fsp3) is 0.118. The summed E-state index contributed by atoms with van der Waals surface area (Å²) in [6, 6.07) is 11.5. The van der Waals surface area contributed by atoms with E-state index in [4.69, 9.17) is 9.47 Å². The lowest BCUT2D eigenvalue weighted by Gasteiger charge is -2.08. The molecule has 0 radical (unpaired) electrons. The maximum atomic E-state index is 9.96. The lowest BCUT2D eigenvalue weighted by molar-refractivity contribution is 0.339. The van der Waals surface area contributed by atoms with E-state index in [2.05, 4.69) is 10.2 Å². The van der Waals surface area contributed by atoms with E-state index in [9.17, 15) is 10.2 Å². The standard InChI is InChI=1S/C17H16N2O4/c1-2-22-12-4-6-13(7-5-12)23-16-10-18-19-17(16)14-8-3-11(20)9-15(14)21/h3-10,20-21H,2H2,1H3,(H,18,19). The van der Waals surface area contributed by atoms with Crippen molar-refractivity contribution in [3.63, 3.8) is 0 Å². The quantitative estimate of drug-likeness (QED) is 0.669. The van der Waals surface area contributed by atoms with Gasteiger partial charge in [0.25, 0.3) is 0 Å². The van der Waals surface area contributed by atoms with Crippen molar-refractivity contribution in [2.24, 2.45) is 0 Å². The summed E-state index contributed by atoms with van der Waals surface area (Å²) in [7, 11) is 0. The smallest absolute Gasteiger partial charge is 0.173 e. The van der Waals surface area contributed by atoms with E-state index in [0.717, 1.165) is 5.75 Å². The Bertz CT molecular complexity index is 797. The molecule has 0 atom stereocenters. The van der Waals surface area contributed by atoms with Gasteiger partial charge in [0, 0.05) is 11.6 Å². The number of ether oxygens (including phenoxy) is 2. The van der Waals surface area contributed by atoms with Crippen LogP contribution >= 0.6 is 0 Å². The number of hydrogen-bond donors (Lipinski definition) is 3. The largest absolute Gasteiger partial charge is 0.508 e.